The van der Waals surface area contributed by atoms with Crippen molar-refractivity contribution in [2.75, 3.05) is 0 Å². The van der Waals surface area contributed by atoms with Crippen molar-refractivity contribution < 1.29 is 14.3 Å². The number of benzene rings is 2. The van der Waals surface area contributed by atoms with E-state index in [-0.39, 0.29) is 17.5 Å². The predicted molar refractivity (Wildman–Crippen MR) is 92.2 cm³/mol. The highest BCUT2D eigenvalue weighted by Gasteiger charge is 2.31. The monoisotopic (exact) mass is 363 g/mol. The minimum Gasteiger partial charge on any atom is -0.444 e. The lowest BCUT2D eigenvalue weighted by Crippen LogP contribution is -2.33. The Labute approximate surface area is 149 Å². The van der Waals surface area contributed by atoms with Crippen molar-refractivity contribution in [2.24, 2.45) is 0 Å². The van der Waals surface area contributed by atoms with E-state index in [0.29, 0.717) is 15.6 Å². The lowest BCUT2D eigenvalue weighted by Gasteiger charge is -2.18. The average Bonchev–Trinajstić information content (AvgIpc) is 3.36. The smallest absolute Gasteiger partial charge is 0.339 e. The van der Waals surface area contributed by atoms with Gasteiger partial charge in [0, 0.05) is 21.7 Å². The first-order valence-corrected chi connectivity index (χ1v) is 8.31. The van der Waals surface area contributed by atoms with Crippen molar-refractivity contribution in [3.05, 3.63) is 69.7 Å². The van der Waals surface area contributed by atoms with Gasteiger partial charge in [-0.05, 0) is 31.0 Å². The lowest BCUT2D eigenvalue weighted by molar-refractivity contribution is -0.130. The standard InChI is InChI=1S/C18H15Cl2NO3/c19-13-8-12(9-14(20)10-13)18(23)24-16(11-4-2-1-3-5-11)17(22)21-15-6-7-15/h1-5,8-10,15-16H,6-7H2,(H,21,22)/t16-/m1/s1. The fourth-order valence-corrected chi connectivity index (χ4v) is 2.78. The third-order valence-electron chi connectivity index (χ3n) is 3.59. The van der Waals surface area contributed by atoms with Crippen molar-refractivity contribution in [3.63, 3.8) is 0 Å². The molecule has 0 saturated heterocycles. The Balaban J connectivity index is 1.82. The first kappa shape index (κ1) is 16.8. The van der Waals surface area contributed by atoms with Crippen LogP contribution in [0.2, 0.25) is 10.0 Å². The van der Waals surface area contributed by atoms with Crippen molar-refractivity contribution in [2.45, 2.75) is 25.0 Å². The molecule has 1 aliphatic carbocycles. The van der Waals surface area contributed by atoms with Gasteiger partial charge in [-0.25, -0.2) is 4.79 Å². The fourth-order valence-electron chi connectivity index (χ4n) is 2.25. The number of hydrogen-bond acceptors (Lipinski definition) is 3. The molecule has 4 nitrogen and oxygen atoms in total. The third kappa shape index (κ3) is 4.28. The summed E-state index contributed by atoms with van der Waals surface area (Å²) < 4.78 is 5.45. The number of esters is 1. The van der Waals surface area contributed by atoms with Crippen LogP contribution in [-0.4, -0.2) is 17.9 Å². The molecular weight excluding hydrogens is 349 g/mol. The van der Waals surface area contributed by atoms with Crippen LogP contribution >= 0.6 is 23.2 Å². The van der Waals surface area contributed by atoms with Gasteiger partial charge in [-0.2, -0.15) is 0 Å². The summed E-state index contributed by atoms with van der Waals surface area (Å²) in [5, 5.41) is 3.52. The summed E-state index contributed by atoms with van der Waals surface area (Å²) in [6.07, 6.45) is 0.882. The highest BCUT2D eigenvalue weighted by molar-refractivity contribution is 6.35. The maximum Gasteiger partial charge on any atom is 0.339 e. The summed E-state index contributed by atoms with van der Waals surface area (Å²) in [4.78, 5) is 24.9. The Morgan fingerprint density at radius 2 is 1.67 bits per heavy atom. The Bertz CT molecular complexity index is 740. The summed E-state index contributed by atoms with van der Waals surface area (Å²) in [5.41, 5.74) is 0.810. The minimum absolute atomic E-state index is 0.169. The van der Waals surface area contributed by atoms with E-state index in [4.69, 9.17) is 27.9 Å². The van der Waals surface area contributed by atoms with E-state index >= 15 is 0 Å². The fraction of sp³-hybridized carbons (Fsp3) is 0.222. The zero-order valence-corrected chi connectivity index (χ0v) is 14.2. The zero-order valence-electron chi connectivity index (χ0n) is 12.7. The summed E-state index contributed by atoms with van der Waals surface area (Å²) in [7, 11) is 0. The molecule has 24 heavy (non-hydrogen) atoms. The molecule has 1 atom stereocenters. The summed E-state index contributed by atoms with van der Waals surface area (Å²) >= 11 is 11.8. The molecule has 2 aromatic rings. The molecule has 3 rings (SSSR count). The van der Waals surface area contributed by atoms with Crippen LogP contribution in [-0.2, 0) is 9.53 Å². The quantitative estimate of drug-likeness (QED) is 0.811. The van der Waals surface area contributed by atoms with E-state index in [1.54, 1.807) is 24.3 Å². The molecule has 124 valence electrons. The summed E-state index contributed by atoms with van der Waals surface area (Å²) in [6.45, 7) is 0. The van der Waals surface area contributed by atoms with Crippen LogP contribution in [0, 0.1) is 0 Å². The molecule has 6 heteroatoms. The number of halogens is 2. The number of rotatable bonds is 5. The first-order valence-electron chi connectivity index (χ1n) is 7.55. The molecule has 1 amide bonds. The number of ether oxygens (including phenoxy) is 1. The Hall–Kier alpha value is -2.04. The molecule has 0 unspecified atom stereocenters. The molecule has 0 aliphatic heterocycles. The van der Waals surface area contributed by atoms with Crippen LogP contribution in [0.3, 0.4) is 0 Å². The molecular formula is C18H15Cl2NO3. The van der Waals surface area contributed by atoms with E-state index in [1.807, 2.05) is 6.07 Å². The van der Waals surface area contributed by atoms with Gasteiger partial charge in [0.1, 0.15) is 0 Å². The molecule has 0 spiro atoms. The maximum absolute atomic E-state index is 12.5. The summed E-state index contributed by atoms with van der Waals surface area (Å²) in [5.74, 6) is -0.982. The van der Waals surface area contributed by atoms with Crippen LogP contribution in [0.25, 0.3) is 0 Å². The number of carbonyl (C=O) groups excluding carboxylic acids is 2. The summed E-state index contributed by atoms with van der Waals surface area (Å²) in [6, 6.07) is 13.5. The van der Waals surface area contributed by atoms with E-state index in [9.17, 15) is 9.59 Å². The molecule has 0 radical (unpaired) electrons. The van der Waals surface area contributed by atoms with Gasteiger partial charge in [0.05, 0.1) is 5.56 Å². The highest BCUT2D eigenvalue weighted by atomic mass is 35.5. The van der Waals surface area contributed by atoms with Crippen molar-refractivity contribution in [1.29, 1.82) is 0 Å². The maximum atomic E-state index is 12.5. The molecule has 0 heterocycles. The molecule has 0 bridgehead atoms. The van der Waals surface area contributed by atoms with Gasteiger partial charge in [0.15, 0.2) is 0 Å². The van der Waals surface area contributed by atoms with Crippen LogP contribution < -0.4 is 5.32 Å². The van der Waals surface area contributed by atoms with E-state index in [0.717, 1.165) is 12.8 Å². The van der Waals surface area contributed by atoms with Gasteiger partial charge >= 0.3 is 5.97 Å². The molecule has 1 aliphatic rings. The number of nitrogens with one attached hydrogen (secondary N) is 1. The second-order valence-electron chi connectivity index (χ2n) is 5.64. The van der Waals surface area contributed by atoms with Gasteiger partial charge in [0.2, 0.25) is 6.10 Å². The first-order chi connectivity index (χ1) is 11.5. The lowest BCUT2D eigenvalue weighted by atomic mass is 10.1. The minimum atomic E-state index is -1.02. The van der Waals surface area contributed by atoms with Crippen molar-refractivity contribution in [3.8, 4) is 0 Å². The van der Waals surface area contributed by atoms with Gasteiger partial charge in [-0.3, -0.25) is 4.79 Å². The predicted octanol–water partition coefficient (Wildman–Crippen LogP) is 4.17. The highest BCUT2D eigenvalue weighted by Crippen LogP contribution is 2.25. The van der Waals surface area contributed by atoms with E-state index in [2.05, 4.69) is 5.32 Å². The number of hydrogen-bond donors (Lipinski definition) is 1. The van der Waals surface area contributed by atoms with Crippen molar-refractivity contribution in [1.82, 2.24) is 5.32 Å². The number of carbonyl (C=O) groups is 2. The van der Waals surface area contributed by atoms with Crippen LogP contribution in [0.15, 0.2) is 48.5 Å². The SMILES string of the molecule is O=C(O[C@@H](C(=O)NC1CC1)c1ccccc1)c1cc(Cl)cc(Cl)c1. The normalized spacial score (nSPS) is 14.8. The van der Waals surface area contributed by atoms with Gasteiger partial charge < -0.3 is 10.1 Å². The van der Waals surface area contributed by atoms with Crippen LogP contribution in [0.1, 0.15) is 34.9 Å². The number of amides is 1. The second-order valence-corrected chi connectivity index (χ2v) is 6.51. The topological polar surface area (TPSA) is 55.4 Å². The molecule has 0 aromatic heterocycles. The largest absolute Gasteiger partial charge is 0.444 e. The molecule has 2 aromatic carbocycles. The molecule has 1 saturated carbocycles. The third-order valence-corrected chi connectivity index (χ3v) is 4.02. The van der Waals surface area contributed by atoms with Crippen LogP contribution in [0.5, 0.6) is 0 Å². The van der Waals surface area contributed by atoms with Gasteiger partial charge in [-0.15, -0.1) is 0 Å². The Morgan fingerprint density at radius 3 is 2.25 bits per heavy atom. The second kappa shape index (κ2) is 7.24. The van der Waals surface area contributed by atoms with E-state index in [1.165, 1.54) is 18.2 Å². The van der Waals surface area contributed by atoms with Crippen LogP contribution in [0.4, 0.5) is 0 Å². The zero-order chi connectivity index (χ0) is 17.1. The molecule has 1 N–H and O–H groups in total. The molecule has 1 fully saturated rings. The van der Waals surface area contributed by atoms with Gasteiger partial charge in [-0.1, -0.05) is 53.5 Å². The van der Waals surface area contributed by atoms with Crippen molar-refractivity contribution >= 4 is 35.1 Å². The Kier molecular flexibility index (Phi) is 5.07. The van der Waals surface area contributed by atoms with E-state index < -0.39 is 12.1 Å². The Morgan fingerprint density at radius 1 is 1.04 bits per heavy atom. The van der Waals surface area contributed by atoms with Gasteiger partial charge in [0.25, 0.3) is 5.91 Å². The average molecular weight is 364 g/mol.